The number of hydrogen-bond donors (Lipinski definition) is 0. The van der Waals surface area contributed by atoms with Gasteiger partial charge in [-0.15, -0.1) is 0 Å². The topological polar surface area (TPSA) is 33.5 Å². The molecule has 2 aromatic carbocycles. The van der Waals surface area contributed by atoms with Gasteiger partial charge in [0.05, 0.1) is 12.8 Å². The Bertz CT molecular complexity index is 782. The molecule has 0 aliphatic heterocycles. The second-order valence-electron chi connectivity index (χ2n) is 6.61. The third-order valence-electron chi connectivity index (χ3n) is 4.72. The molecule has 3 heteroatoms. The summed E-state index contributed by atoms with van der Waals surface area (Å²) >= 11 is 0. The molecule has 1 unspecified atom stereocenters. The Labute approximate surface area is 155 Å². The minimum Gasteiger partial charge on any atom is -0.467 e. The van der Waals surface area contributed by atoms with Crippen LogP contribution in [0.3, 0.4) is 0 Å². The smallest absolute Gasteiger partial charge is 0.219 e. The van der Waals surface area contributed by atoms with Gasteiger partial charge >= 0.3 is 0 Å². The molecule has 1 aromatic heterocycles. The molecule has 134 valence electrons. The molecule has 0 aliphatic carbocycles. The maximum atomic E-state index is 12.1. The number of carbonyl (C=O) groups excluding carboxylic acids is 1. The van der Waals surface area contributed by atoms with Gasteiger partial charge in [0.2, 0.25) is 5.91 Å². The third-order valence-corrected chi connectivity index (χ3v) is 4.72. The SMILES string of the molecule is CC(=O)N(CCC(Cc1ccccc1)c1ccccc1)Cc1ccco1. The van der Waals surface area contributed by atoms with Crippen LogP contribution in [0, 0.1) is 0 Å². The normalized spacial score (nSPS) is 11.9. The Kier molecular flexibility index (Phi) is 6.26. The molecule has 0 aliphatic rings. The van der Waals surface area contributed by atoms with Crippen molar-refractivity contribution in [2.24, 2.45) is 0 Å². The summed E-state index contributed by atoms with van der Waals surface area (Å²) in [5.41, 5.74) is 2.64. The molecule has 0 radical (unpaired) electrons. The lowest BCUT2D eigenvalue weighted by atomic mass is 9.89. The van der Waals surface area contributed by atoms with E-state index in [0.717, 1.165) is 18.6 Å². The quantitative estimate of drug-likeness (QED) is 0.572. The van der Waals surface area contributed by atoms with Crippen molar-refractivity contribution in [3.05, 3.63) is 95.9 Å². The zero-order valence-electron chi connectivity index (χ0n) is 15.2. The molecule has 3 rings (SSSR count). The Morgan fingerprint density at radius 3 is 2.27 bits per heavy atom. The Morgan fingerprint density at radius 1 is 0.962 bits per heavy atom. The lowest BCUT2D eigenvalue weighted by Gasteiger charge is -2.24. The molecule has 0 spiro atoms. The number of amides is 1. The lowest BCUT2D eigenvalue weighted by molar-refractivity contribution is -0.129. The molecule has 1 heterocycles. The van der Waals surface area contributed by atoms with Crippen molar-refractivity contribution in [3.8, 4) is 0 Å². The van der Waals surface area contributed by atoms with Crippen LogP contribution in [0.2, 0.25) is 0 Å². The monoisotopic (exact) mass is 347 g/mol. The van der Waals surface area contributed by atoms with Crippen LogP contribution in [0.25, 0.3) is 0 Å². The fourth-order valence-corrected chi connectivity index (χ4v) is 3.26. The summed E-state index contributed by atoms with van der Waals surface area (Å²) in [5.74, 6) is 1.27. The molecule has 0 fully saturated rings. The molecule has 1 amide bonds. The van der Waals surface area contributed by atoms with Crippen molar-refractivity contribution in [1.29, 1.82) is 0 Å². The minimum atomic E-state index is 0.0768. The largest absolute Gasteiger partial charge is 0.467 e. The van der Waals surface area contributed by atoms with Crippen molar-refractivity contribution < 1.29 is 9.21 Å². The van der Waals surface area contributed by atoms with Crippen molar-refractivity contribution in [2.75, 3.05) is 6.54 Å². The second-order valence-corrected chi connectivity index (χ2v) is 6.61. The highest BCUT2D eigenvalue weighted by Crippen LogP contribution is 2.25. The van der Waals surface area contributed by atoms with Crippen LogP contribution in [0.5, 0.6) is 0 Å². The predicted molar refractivity (Wildman–Crippen MR) is 104 cm³/mol. The fourth-order valence-electron chi connectivity index (χ4n) is 3.26. The Balaban J connectivity index is 1.71. The summed E-state index contributed by atoms with van der Waals surface area (Å²) < 4.78 is 5.41. The standard InChI is InChI=1S/C23H25NO2/c1-19(25)24(18-23-13-8-16-26-23)15-14-22(21-11-6-3-7-12-21)17-20-9-4-2-5-10-20/h2-13,16,22H,14-15,17-18H2,1H3. The van der Waals surface area contributed by atoms with Crippen molar-refractivity contribution in [1.82, 2.24) is 4.90 Å². The first-order chi connectivity index (χ1) is 12.7. The van der Waals surface area contributed by atoms with Crippen LogP contribution in [-0.4, -0.2) is 17.4 Å². The molecule has 1 atom stereocenters. The molecule has 3 aromatic rings. The van der Waals surface area contributed by atoms with Gasteiger partial charge in [0, 0.05) is 13.5 Å². The van der Waals surface area contributed by atoms with E-state index in [1.165, 1.54) is 11.1 Å². The molecule has 26 heavy (non-hydrogen) atoms. The maximum Gasteiger partial charge on any atom is 0.219 e. The van der Waals surface area contributed by atoms with E-state index in [9.17, 15) is 4.79 Å². The number of nitrogens with zero attached hydrogens (tertiary/aromatic N) is 1. The average Bonchev–Trinajstić information content (AvgIpc) is 3.18. The van der Waals surface area contributed by atoms with Gasteiger partial charge in [0.25, 0.3) is 0 Å². The maximum absolute atomic E-state index is 12.1. The average molecular weight is 347 g/mol. The van der Waals surface area contributed by atoms with Crippen molar-refractivity contribution >= 4 is 5.91 Å². The molecule has 0 N–H and O–H groups in total. The predicted octanol–water partition coefficient (Wildman–Crippen LogP) is 5.04. The number of rotatable bonds is 8. The fraction of sp³-hybridized carbons (Fsp3) is 0.261. The van der Waals surface area contributed by atoms with Gasteiger partial charge in [-0.25, -0.2) is 0 Å². The Morgan fingerprint density at radius 2 is 1.65 bits per heavy atom. The van der Waals surface area contributed by atoms with E-state index in [1.807, 2.05) is 29.2 Å². The number of hydrogen-bond acceptors (Lipinski definition) is 2. The van der Waals surface area contributed by atoms with Crippen LogP contribution in [-0.2, 0) is 17.8 Å². The summed E-state index contributed by atoms with van der Waals surface area (Å²) in [4.78, 5) is 13.9. The summed E-state index contributed by atoms with van der Waals surface area (Å²) in [6, 6.07) is 24.9. The molecule has 0 saturated heterocycles. The Hall–Kier alpha value is -2.81. The van der Waals surface area contributed by atoms with Gasteiger partial charge in [-0.2, -0.15) is 0 Å². The summed E-state index contributed by atoms with van der Waals surface area (Å²) in [5, 5.41) is 0. The highest BCUT2D eigenvalue weighted by Gasteiger charge is 2.17. The van der Waals surface area contributed by atoms with E-state index in [1.54, 1.807) is 13.2 Å². The number of benzene rings is 2. The first-order valence-electron chi connectivity index (χ1n) is 9.09. The van der Waals surface area contributed by atoms with E-state index < -0.39 is 0 Å². The summed E-state index contributed by atoms with van der Waals surface area (Å²) in [6.45, 7) is 2.86. The van der Waals surface area contributed by atoms with Crippen LogP contribution < -0.4 is 0 Å². The van der Waals surface area contributed by atoms with E-state index in [2.05, 4.69) is 48.5 Å². The van der Waals surface area contributed by atoms with Crippen LogP contribution in [0.4, 0.5) is 0 Å². The van der Waals surface area contributed by atoms with Gasteiger partial charge < -0.3 is 9.32 Å². The number of furan rings is 1. The molecule has 0 saturated carbocycles. The van der Waals surface area contributed by atoms with E-state index >= 15 is 0 Å². The van der Waals surface area contributed by atoms with Gasteiger partial charge in [-0.1, -0.05) is 60.7 Å². The number of carbonyl (C=O) groups is 1. The summed E-state index contributed by atoms with van der Waals surface area (Å²) in [6.07, 6.45) is 3.53. The highest BCUT2D eigenvalue weighted by molar-refractivity contribution is 5.73. The van der Waals surface area contributed by atoms with Gasteiger partial charge in [-0.05, 0) is 42.0 Å². The zero-order chi connectivity index (χ0) is 18.2. The van der Waals surface area contributed by atoms with Gasteiger partial charge in [-0.3, -0.25) is 4.79 Å². The first kappa shape index (κ1) is 18.0. The van der Waals surface area contributed by atoms with Gasteiger partial charge in [0.1, 0.15) is 5.76 Å². The van der Waals surface area contributed by atoms with Crippen molar-refractivity contribution in [2.45, 2.75) is 32.2 Å². The third kappa shape index (κ3) is 5.09. The van der Waals surface area contributed by atoms with Crippen LogP contribution >= 0.6 is 0 Å². The van der Waals surface area contributed by atoms with Crippen LogP contribution in [0.15, 0.2) is 83.5 Å². The second kappa shape index (κ2) is 9.04. The van der Waals surface area contributed by atoms with Gasteiger partial charge in [0.15, 0.2) is 0 Å². The molecule has 3 nitrogen and oxygen atoms in total. The van der Waals surface area contributed by atoms with E-state index in [-0.39, 0.29) is 5.91 Å². The lowest BCUT2D eigenvalue weighted by Crippen LogP contribution is -2.30. The van der Waals surface area contributed by atoms with E-state index in [4.69, 9.17) is 4.42 Å². The highest BCUT2D eigenvalue weighted by atomic mass is 16.3. The summed E-state index contributed by atoms with van der Waals surface area (Å²) in [7, 11) is 0. The zero-order valence-corrected chi connectivity index (χ0v) is 15.2. The molecular weight excluding hydrogens is 322 g/mol. The van der Waals surface area contributed by atoms with Crippen molar-refractivity contribution in [3.63, 3.8) is 0 Å². The first-order valence-corrected chi connectivity index (χ1v) is 9.09. The molecular formula is C23H25NO2. The minimum absolute atomic E-state index is 0.0768. The van der Waals surface area contributed by atoms with E-state index in [0.29, 0.717) is 19.0 Å². The molecule has 0 bridgehead atoms. The van der Waals surface area contributed by atoms with Crippen LogP contribution in [0.1, 0.15) is 36.1 Å².